The lowest BCUT2D eigenvalue weighted by atomic mass is 10.0. The van der Waals surface area contributed by atoms with E-state index in [1.807, 2.05) is 30.3 Å². The number of hydrogen-bond donors (Lipinski definition) is 1. The van der Waals surface area contributed by atoms with Gasteiger partial charge in [-0.1, -0.05) is 48.5 Å². The van der Waals surface area contributed by atoms with E-state index in [0.717, 1.165) is 10.8 Å². The summed E-state index contributed by atoms with van der Waals surface area (Å²) in [6.45, 7) is -0.439. The van der Waals surface area contributed by atoms with Crippen molar-refractivity contribution < 1.29 is 24.0 Å². The van der Waals surface area contributed by atoms with E-state index in [-0.39, 0.29) is 11.4 Å². The van der Waals surface area contributed by atoms with Crippen LogP contribution in [0.1, 0.15) is 15.9 Å². The molecule has 0 aliphatic heterocycles. The van der Waals surface area contributed by atoms with Crippen molar-refractivity contribution in [1.29, 1.82) is 0 Å². The summed E-state index contributed by atoms with van der Waals surface area (Å²) < 4.78 is 10.7. The number of nitro benzene ring substituents is 1. The Morgan fingerprint density at radius 3 is 2.43 bits per heavy atom. The molecule has 35 heavy (non-hydrogen) atoms. The summed E-state index contributed by atoms with van der Waals surface area (Å²) in [4.78, 5) is 34.9. The maximum absolute atomic E-state index is 12.6. The number of hydrogen-bond acceptors (Lipinski definition) is 7. The van der Waals surface area contributed by atoms with E-state index in [1.165, 1.54) is 24.4 Å². The fourth-order valence-corrected chi connectivity index (χ4v) is 3.27. The predicted octanol–water partition coefficient (Wildman–Crippen LogP) is 4.50. The molecular formula is C26H19N3O6. The second kappa shape index (κ2) is 10.7. The van der Waals surface area contributed by atoms with Crippen LogP contribution in [0.2, 0.25) is 0 Å². The van der Waals surface area contributed by atoms with Gasteiger partial charge in [0.15, 0.2) is 12.4 Å². The van der Waals surface area contributed by atoms with Gasteiger partial charge >= 0.3 is 11.7 Å². The number of nitrogens with zero attached hydrogens (tertiary/aromatic N) is 2. The average molecular weight is 469 g/mol. The highest BCUT2D eigenvalue weighted by Crippen LogP contribution is 2.25. The number of carbonyl (C=O) groups is 2. The number of hydrazone groups is 1. The summed E-state index contributed by atoms with van der Waals surface area (Å²) >= 11 is 0. The zero-order chi connectivity index (χ0) is 24.6. The number of para-hydroxylation sites is 2. The van der Waals surface area contributed by atoms with Crippen molar-refractivity contribution in [2.45, 2.75) is 0 Å². The normalized spacial score (nSPS) is 10.7. The molecular weight excluding hydrogens is 450 g/mol. The number of ether oxygens (including phenoxy) is 2. The molecule has 0 aromatic heterocycles. The summed E-state index contributed by atoms with van der Waals surface area (Å²) in [7, 11) is 0. The Morgan fingerprint density at radius 2 is 1.63 bits per heavy atom. The molecule has 0 bridgehead atoms. The molecule has 0 saturated heterocycles. The number of carbonyl (C=O) groups excluding carboxylic acids is 2. The number of amides is 1. The van der Waals surface area contributed by atoms with Crippen LogP contribution in [0, 0.1) is 10.1 Å². The quantitative estimate of drug-likeness (QED) is 0.133. The highest BCUT2D eigenvalue weighted by atomic mass is 16.6. The highest BCUT2D eigenvalue weighted by Gasteiger charge is 2.15. The molecule has 1 N–H and O–H groups in total. The van der Waals surface area contributed by atoms with Gasteiger partial charge in [-0.3, -0.25) is 14.9 Å². The van der Waals surface area contributed by atoms with E-state index in [0.29, 0.717) is 16.9 Å². The molecule has 9 nitrogen and oxygen atoms in total. The Hall–Kier alpha value is -5.05. The van der Waals surface area contributed by atoms with Gasteiger partial charge in [-0.05, 0) is 52.7 Å². The molecule has 0 radical (unpaired) electrons. The first kappa shape index (κ1) is 23.1. The average Bonchev–Trinajstić information content (AvgIpc) is 2.88. The number of nitrogens with one attached hydrogen (secondary N) is 1. The molecule has 9 heteroatoms. The minimum Gasteiger partial charge on any atom is -0.477 e. The van der Waals surface area contributed by atoms with Crippen LogP contribution < -0.4 is 14.9 Å². The van der Waals surface area contributed by atoms with Gasteiger partial charge in [-0.2, -0.15) is 5.10 Å². The van der Waals surface area contributed by atoms with Crippen LogP contribution in [0.25, 0.3) is 10.8 Å². The SMILES string of the molecule is O=C(COc1ccccc1[N+](=O)[O-])NN=Cc1ccc(OC(=O)c2cccc3ccccc23)cc1. The minimum absolute atomic E-state index is 0.00901. The van der Waals surface area contributed by atoms with Crippen molar-refractivity contribution in [2.75, 3.05) is 6.61 Å². The van der Waals surface area contributed by atoms with Gasteiger partial charge in [-0.15, -0.1) is 0 Å². The van der Waals surface area contributed by atoms with Gasteiger partial charge in [0, 0.05) is 6.07 Å². The zero-order valence-electron chi connectivity index (χ0n) is 18.3. The van der Waals surface area contributed by atoms with Crippen LogP contribution >= 0.6 is 0 Å². The summed E-state index contributed by atoms with van der Waals surface area (Å²) in [5, 5.41) is 16.6. The third-order valence-corrected chi connectivity index (χ3v) is 4.92. The third-order valence-electron chi connectivity index (χ3n) is 4.92. The molecule has 0 heterocycles. The third kappa shape index (κ3) is 5.85. The van der Waals surface area contributed by atoms with Crippen LogP contribution in [0.4, 0.5) is 5.69 Å². The van der Waals surface area contributed by atoms with Crippen LogP contribution in [-0.4, -0.2) is 29.6 Å². The second-order valence-electron chi connectivity index (χ2n) is 7.29. The van der Waals surface area contributed by atoms with Crippen molar-refractivity contribution in [3.8, 4) is 11.5 Å². The lowest BCUT2D eigenvalue weighted by molar-refractivity contribution is -0.385. The van der Waals surface area contributed by atoms with E-state index in [9.17, 15) is 19.7 Å². The largest absolute Gasteiger partial charge is 0.477 e. The Kier molecular flexibility index (Phi) is 7.08. The molecule has 1 amide bonds. The highest BCUT2D eigenvalue weighted by molar-refractivity contribution is 6.05. The van der Waals surface area contributed by atoms with Crippen LogP contribution in [-0.2, 0) is 4.79 Å². The smallest absolute Gasteiger partial charge is 0.344 e. The van der Waals surface area contributed by atoms with E-state index >= 15 is 0 Å². The van der Waals surface area contributed by atoms with Crippen molar-refractivity contribution in [3.63, 3.8) is 0 Å². The first-order chi connectivity index (χ1) is 17.0. The van der Waals surface area contributed by atoms with Crippen molar-refractivity contribution in [2.24, 2.45) is 5.10 Å². The van der Waals surface area contributed by atoms with Crippen molar-refractivity contribution >= 4 is 34.6 Å². The van der Waals surface area contributed by atoms with Crippen LogP contribution in [0.15, 0.2) is 96.1 Å². The molecule has 0 unspecified atom stereocenters. The summed E-state index contributed by atoms with van der Waals surface area (Å²) in [6.07, 6.45) is 1.40. The van der Waals surface area contributed by atoms with E-state index in [1.54, 1.807) is 42.5 Å². The Balaban J connectivity index is 1.30. The fourth-order valence-electron chi connectivity index (χ4n) is 3.27. The van der Waals surface area contributed by atoms with Crippen LogP contribution in [0.5, 0.6) is 11.5 Å². The maximum atomic E-state index is 12.6. The molecule has 0 saturated carbocycles. The van der Waals surface area contributed by atoms with Gasteiger partial charge in [0.25, 0.3) is 5.91 Å². The van der Waals surface area contributed by atoms with Gasteiger partial charge in [0.1, 0.15) is 5.75 Å². The molecule has 0 spiro atoms. The molecule has 174 valence electrons. The summed E-state index contributed by atoms with van der Waals surface area (Å²) in [5.74, 6) is -0.693. The van der Waals surface area contributed by atoms with E-state index in [4.69, 9.17) is 9.47 Å². The Labute approximate surface area is 199 Å². The minimum atomic E-state index is -0.589. The number of rotatable bonds is 8. The van der Waals surface area contributed by atoms with Crippen molar-refractivity contribution in [3.05, 3.63) is 112 Å². The zero-order valence-corrected chi connectivity index (χ0v) is 18.3. The second-order valence-corrected chi connectivity index (χ2v) is 7.29. The van der Waals surface area contributed by atoms with Gasteiger partial charge in [0.2, 0.25) is 0 Å². The van der Waals surface area contributed by atoms with Gasteiger partial charge in [0.05, 0.1) is 16.7 Å². The lowest BCUT2D eigenvalue weighted by Crippen LogP contribution is -2.24. The summed E-state index contributed by atoms with van der Waals surface area (Å²) in [5.41, 5.74) is 3.17. The predicted molar refractivity (Wildman–Crippen MR) is 130 cm³/mol. The molecule has 0 atom stereocenters. The number of benzene rings is 4. The number of esters is 1. The maximum Gasteiger partial charge on any atom is 0.344 e. The van der Waals surface area contributed by atoms with Crippen LogP contribution in [0.3, 0.4) is 0 Å². The Morgan fingerprint density at radius 1 is 0.914 bits per heavy atom. The molecule has 0 aliphatic carbocycles. The molecule has 4 aromatic rings. The first-order valence-corrected chi connectivity index (χ1v) is 10.5. The Bertz CT molecular complexity index is 1410. The summed E-state index contributed by atoms with van der Waals surface area (Å²) in [6, 6.07) is 25.4. The van der Waals surface area contributed by atoms with Gasteiger partial charge in [-0.25, -0.2) is 10.2 Å². The van der Waals surface area contributed by atoms with Gasteiger partial charge < -0.3 is 9.47 Å². The number of fused-ring (bicyclic) bond motifs is 1. The first-order valence-electron chi connectivity index (χ1n) is 10.5. The monoisotopic (exact) mass is 469 g/mol. The molecule has 0 fully saturated rings. The van der Waals surface area contributed by atoms with Crippen molar-refractivity contribution in [1.82, 2.24) is 5.43 Å². The fraction of sp³-hybridized carbons (Fsp3) is 0.0385. The lowest BCUT2D eigenvalue weighted by Gasteiger charge is -2.07. The molecule has 4 rings (SSSR count). The topological polar surface area (TPSA) is 120 Å². The molecule has 0 aliphatic rings. The number of nitro groups is 1. The molecule has 4 aromatic carbocycles. The standard InChI is InChI=1S/C26H19N3O6/c30-25(17-34-24-11-4-3-10-23(24)29(32)33)28-27-16-18-12-14-20(15-13-18)35-26(31)22-9-5-7-19-6-1-2-8-21(19)22/h1-16H,17H2,(H,28,30). The van der Waals surface area contributed by atoms with E-state index < -0.39 is 23.4 Å². The van der Waals surface area contributed by atoms with E-state index in [2.05, 4.69) is 10.5 Å².